The third-order valence-electron chi connectivity index (χ3n) is 6.29. The van der Waals surface area contributed by atoms with Crippen LogP contribution in [0.1, 0.15) is 43.5 Å². The lowest BCUT2D eigenvalue weighted by Gasteiger charge is -2.27. The van der Waals surface area contributed by atoms with Gasteiger partial charge in [0.25, 0.3) is 11.7 Å². The number of halogens is 1. The van der Waals surface area contributed by atoms with Gasteiger partial charge in [-0.2, -0.15) is 0 Å². The number of methoxy groups -OCH3 is 2. The van der Waals surface area contributed by atoms with Crippen LogP contribution in [0, 0.1) is 0 Å². The van der Waals surface area contributed by atoms with E-state index in [9.17, 15) is 14.7 Å². The van der Waals surface area contributed by atoms with E-state index in [4.69, 9.17) is 21.1 Å². The van der Waals surface area contributed by atoms with Crippen LogP contribution in [0.15, 0.2) is 72.3 Å². The molecule has 0 aromatic heterocycles. The summed E-state index contributed by atoms with van der Waals surface area (Å²) in [5, 5.41) is 11.6. The summed E-state index contributed by atoms with van der Waals surface area (Å²) in [4.78, 5) is 28.2. The molecular weight excluding hydrogens is 478 g/mol. The first-order valence-electron chi connectivity index (χ1n) is 11.5. The molecule has 36 heavy (non-hydrogen) atoms. The average Bonchev–Trinajstić information content (AvgIpc) is 3.13. The van der Waals surface area contributed by atoms with Crippen molar-refractivity contribution < 1.29 is 24.2 Å². The lowest BCUT2D eigenvalue weighted by atomic mass is 9.87. The molecule has 6 nitrogen and oxygen atoms in total. The van der Waals surface area contributed by atoms with E-state index in [1.54, 1.807) is 36.4 Å². The molecule has 1 atom stereocenters. The summed E-state index contributed by atoms with van der Waals surface area (Å²) >= 11 is 6.39. The molecule has 0 aliphatic carbocycles. The van der Waals surface area contributed by atoms with Gasteiger partial charge in [0.2, 0.25) is 0 Å². The summed E-state index contributed by atoms with van der Waals surface area (Å²) in [5.74, 6) is -0.920. The molecule has 1 N–H and O–H groups in total. The molecule has 0 bridgehead atoms. The molecule has 186 valence electrons. The second kappa shape index (κ2) is 9.70. The van der Waals surface area contributed by atoms with E-state index in [-0.39, 0.29) is 27.3 Å². The molecule has 1 heterocycles. The number of carbonyl (C=O) groups is 2. The van der Waals surface area contributed by atoms with E-state index < -0.39 is 17.7 Å². The highest BCUT2D eigenvalue weighted by molar-refractivity contribution is 6.52. The van der Waals surface area contributed by atoms with E-state index >= 15 is 0 Å². The molecule has 1 aliphatic rings. The topological polar surface area (TPSA) is 76.1 Å². The van der Waals surface area contributed by atoms with Gasteiger partial charge < -0.3 is 14.6 Å². The Bertz CT molecular complexity index is 1350. The van der Waals surface area contributed by atoms with Gasteiger partial charge >= 0.3 is 0 Å². The van der Waals surface area contributed by atoms with E-state index in [0.29, 0.717) is 22.7 Å². The third kappa shape index (κ3) is 4.56. The maximum Gasteiger partial charge on any atom is 0.300 e. The van der Waals surface area contributed by atoms with Crippen LogP contribution in [0.5, 0.6) is 11.5 Å². The summed E-state index contributed by atoms with van der Waals surface area (Å²) in [6, 6.07) is 18.4. The van der Waals surface area contributed by atoms with Crippen LogP contribution < -0.4 is 14.4 Å². The molecule has 0 spiro atoms. The van der Waals surface area contributed by atoms with Gasteiger partial charge in [-0.1, -0.05) is 56.6 Å². The Labute approximate surface area is 215 Å². The number of nitrogens with zero attached hydrogens (tertiary/aromatic N) is 1. The van der Waals surface area contributed by atoms with Crippen molar-refractivity contribution in [1.82, 2.24) is 0 Å². The molecule has 0 radical (unpaired) electrons. The predicted octanol–water partition coefficient (Wildman–Crippen LogP) is 6.28. The van der Waals surface area contributed by atoms with Crippen LogP contribution in [-0.2, 0) is 15.0 Å². The molecule has 1 unspecified atom stereocenters. The van der Waals surface area contributed by atoms with E-state index in [2.05, 4.69) is 20.8 Å². The molecule has 4 rings (SSSR count). The molecule has 3 aromatic carbocycles. The van der Waals surface area contributed by atoms with Gasteiger partial charge in [0.05, 0.1) is 30.9 Å². The average molecular weight is 506 g/mol. The minimum atomic E-state index is -0.900. The quantitative estimate of drug-likeness (QED) is 0.251. The Morgan fingerprint density at radius 1 is 0.917 bits per heavy atom. The van der Waals surface area contributed by atoms with Crippen molar-refractivity contribution in [1.29, 1.82) is 0 Å². The van der Waals surface area contributed by atoms with E-state index in [0.717, 1.165) is 5.56 Å². The van der Waals surface area contributed by atoms with Gasteiger partial charge in [0.1, 0.15) is 17.3 Å². The van der Waals surface area contributed by atoms with Crippen LogP contribution in [0.2, 0.25) is 5.02 Å². The molecule has 1 aliphatic heterocycles. The van der Waals surface area contributed by atoms with Crippen molar-refractivity contribution in [3.63, 3.8) is 0 Å². The number of Topliss-reactive ketones (excluding diaryl/α,β-unsaturated/α-hetero) is 1. The third-order valence-corrected chi connectivity index (χ3v) is 6.62. The monoisotopic (exact) mass is 505 g/mol. The minimum absolute atomic E-state index is 0.0664. The normalized spacial score (nSPS) is 17.4. The Morgan fingerprint density at radius 2 is 1.56 bits per heavy atom. The lowest BCUT2D eigenvalue weighted by Crippen LogP contribution is -2.29. The number of aliphatic hydroxyl groups is 1. The molecule has 1 saturated heterocycles. The van der Waals surface area contributed by atoms with Crippen LogP contribution in [0.25, 0.3) is 5.76 Å². The number of amides is 1. The van der Waals surface area contributed by atoms with E-state index in [1.807, 2.05) is 24.3 Å². The molecule has 1 amide bonds. The van der Waals surface area contributed by atoms with Crippen molar-refractivity contribution in [2.75, 3.05) is 19.1 Å². The van der Waals surface area contributed by atoms with Gasteiger partial charge in [0, 0.05) is 11.3 Å². The second-order valence-electron chi connectivity index (χ2n) is 9.59. The lowest BCUT2D eigenvalue weighted by molar-refractivity contribution is -0.132. The second-order valence-corrected chi connectivity index (χ2v) is 10.00. The number of hydrogen-bond acceptors (Lipinski definition) is 5. The number of carbonyl (C=O) groups excluding carboxylic acids is 2. The number of rotatable bonds is 5. The van der Waals surface area contributed by atoms with Crippen molar-refractivity contribution in [3.8, 4) is 11.5 Å². The SMILES string of the molecule is COc1cccc(C2/C(=C(\O)c3cc(OC)ccc3Cl)C(=O)C(=O)N2c2ccc(C(C)(C)C)cc2)c1. The van der Waals surface area contributed by atoms with E-state index in [1.165, 1.54) is 25.2 Å². The van der Waals surface area contributed by atoms with Crippen LogP contribution >= 0.6 is 11.6 Å². The Balaban J connectivity index is 1.95. The first-order chi connectivity index (χ1) is 17.1. The van der Waals surface area contributed by atoms with Crippen LogP contribution in [-0.4, -0.2) is 31.0 Å². The molecule has 1 fully saturated rings. The summed E-state index contributed by atoms with van der Waals surface area (Å²) in [6.45, 7) is 6.30. The number of anilines is 1. The smallest absolute Gasteiger partial charge is 0.300 e. The summed E-state index contributed by atoms with van der Waals surface area (Å²) in [7, 11) is 3.03. The standard InChI is InChI=1S/C29H28ClNO5/c1-29(2,3)18-9-11-19(12-10-18)31-25(17-7-6-8-20(15-17)35-4)24(27(33)28(31)34)26(32)22-16-21(36-5)13-14-23(22)30/h6-16,25,32H,1-5H3/b26-24+. The molecule has 0 saturated carbocycles. The summed E-state index contributed by atoms with van der Waals surface area (Å²) < 4.78 is 10.7. The fourth-order valence-corrected chi connectivity index (χ4v) is 4.51. The minimum Gasteiger partial charge on any atom is -0.507 e. The van der Waals surface area contributed by atoms with Crippen molar-refractivity contribution in [2.24, 2.45) is 0 Å². The largest absolute Gasteiger partial charge is 0.507 e. The maximum absolute atomic E-state index is 13.4. The fourth-order valence-electron chi connectivity index (χ4n) is 4.31. The highest BCUT2D eigenvalue weighted by Gasteiger charge is 2.47. The molecule has 7 heteroatoms. The van der Waals surface area contributed by atoms with Gasteiger partial charge in [-0.15, -0.1) is 0 Å². The van der Waals surface area contributed by atoms with Crippen molar-refractivity contribution in [3.05, 3.63) is 94.0 Å². The van der Waals surface area contributed by atoms with Gasteiger partial charge in [0.15, 0.2) is 0 Å². The van der Waals surface area contributed by atoms with Crippen molar-refractivity contribution in [2.45, 2.75) is 32.2 Å². The molecule has 3 aromatic rings. The number of ether oxygens (including phenoxy) is 2. The zero-order chi connectivity index (χ0) is 26.2. The number of ketones is 1. The van der Waals surface area contributed by atoms with Gasteiger partial charge in [-0.25, -0.2) is 0 Å². The Morgan fingerprint density at radius 3 is 2.17 bits per heavy atom. The molecular formula is C29H28ClNO5. The maximum atomic E-state index is 13.4. The van der Waals surface area contributed by atoms with Crippen molar-refractivity contribution >= 4 is 34.7 Å². The zero-order valence-corrected chi connectivity index (χ0v) is 21.6. The van der Waals surface area contributed by atoms with Gasteiger partial charge in [-0.05, 0) is 59.0 Å². The Kier molecular flexibility index (Phi) is 6.83. The summed E-state index contributed by atoms with van der Waals surface area (Å²) in [5.41, 5.74) is 2.28. The first-order valence-corrected chi connectivity index (χ1v) is 11.8. The number of aliphatic hydroxyl groups excluding tert-OH is 1. The number of benzene rings is 3. The predicted molar refractivity (Wildman–Crippen MR) is 141 cm³/mol. The van der Waals surface area contributed by atoms with Crippen LogP contribution in [0.3, 0.4) is 0 Å². The van der Waals surface area contributed by atoms with Crippen LogP contribution in [0.4, 0.5) is 5.69 Å². The first kappa shape index (κ1) is 25.3. The highest BCUT2D eigenvalue weighted by Crippen LogP contribution is 2.44. The zero-order valence-electron chi connectivity index (χ0n) is 20.8. The van der Waals surface area contributed by atoms with Gasteiger partial charge in [-0.3, -0.25) is 14.5 Å². The summed E-state index contributed by atoms with van der Waals surface area (Å²) in [6.07, 6.45) is 0. The highest BCUT2D eigenvalue weighted by atomic mass is 35.5. The number of hydrogen-bond donors (Lipinski definition) is 1. The Hall–Kier alpha value is -3.77. The fraction of sp³-hybridized carbons (Fsp3) is 0.241.